The molecule has 68 valence electrons. The summed E-state index contributed by atoms with van der Waals surface area (Å²) in [6, 6.07) is -0.242. The molecule has 2 unspecified atom stereocenters. The summed E-state index contributed by atoms with van der Waals surface area (Å²) < 4.78 is 4.63. The van der Waals surface area contributed by atoms with Crippen LogP contribution < -0.4 is 0 Å². The van der Waals surface area contributed by atoms with Crippen LogP contribution in [0.15, 0.2) is 4.99 Å². The molecule has 0 N–H and O–H groups in total. The Labute approximate surface area is 72.8 Å². The second-order valence-electron chi connectivity index (χ2n) is 3.12. The van der Waals surface area contributed by atoms with Crippen molar-refractivity contribution < 1.29 is 9.53 Å². The Morgan fingerprint density at radius 3 is 3.08 bits per heavy atom. The van der Waals surface area contributed by atoms with Gasteiger partial charge in [0.2, 0.25) is 0 Å². The van der Waals surface area contributed by atoms with E-state index in [1.165, 1.54) is 7.11 Å². The molecule has 0 aromatic rings. The van der Waals surface area contributed by atoms with Crippen molar-refractivity contribution >= 4 is 12.2 Å². The molecular formula is C9H15NO2. The average Bonchev–Trinajstić information content (AvgIpc) is 2.17. The molecule has 0 fully saturated rings. The SMILES string of the molecule is CCC1CC=NC(C(=O)OC)C1. The minimum atomic E-state index is -0.242. The number of carbonyl (C=O) groups excluding carboxylic acids is 1. The van der Waals surface area contributed by atoms with Gasteiger partial charge >= 0.3 is 5.97 Å². The number of methoxy groups -OCH3 is 1. The first-order valence-corrected chi connectivity index (χ1v) is 4.37. The predicted molar refractivity (Wildman–Crippen MR) is 47.3 cm³/mol. The highest BCUT2D eigenvalue weighted by Gasteiger charge is 2.24. The van der Waals surface area contributed by atoms with Crippen LogP contribution in [0.3, 0.4) is 0 Å². The first-order chi connectivity index (χ1) is 5.77. The molecule has 0 aromatic carbocycles. The van der Waals surface area contributed by atoms with E-state index in [0.29, 0.717) is 5.92 Å². The van der Waals surface area contributed by atoms with E-state index in [0.717, 1.165) is 19.3 Å². The lowest BCUT2D eigenvalue weighted by Gasteiger charge is -2.20. The summed E-state index contributed by atoms with van der Waals surface area (Å²) in [5, 5.41) is 0. The van der Waals surface area contributed by atoms with Gasteiger partial charge in [0.1, 0.15) is 6.04 Å². The highest BCUT2D eigenvalue weighted by Crippen LogP contribution is 2.20. The van der Waals surface area contributed by atoms with Crippen molar-refractivity contribution in [3.63, 3.8) is 0 Å². The molecule has 1 heterocycles. The Hall–Kier alpha value is -0.860. The molecule has 0 saturated heterocycles. The Kier molecular flexibility index (Phi) is 3.26. The summed E-state index contributed by atoms with van der Waals surface area (Å²) >= 11 is 0. The third kappa shape index (κ3) is 2.06. The summed E-state index contributed by atoms with van der Waals surface area (Å²) in [6.07, 6.45) is 4.81. The number of aliphatic imine (C=N–C) groups is 1. The maximum atomic E-state index is 11.1. The van der Waals surface area contributed by atoms with Crippen LogP contribution in [0, 0.1) is 5.92 Å². The number of rotatable bonds is 2. The molecule has 0 spiro atoms. The van der Waals surface area contributed by atoms with Crippen LogP contribution in [0.1, 0.15) is 26.2 Å². The summed E-state index contributed by atoms with van der Waals surface area (Å²) in [4.78, 5) is 15.2. The first kappa shape index (κ1) is 9.23. The summed E-state index contributed by atoms with van der Waals surface area (Å²) in [5.74, 6) is 0.399. The molecule has 0 bridgehead atoms. The summed E-state index contributed by atoms with van der Waals surface area (Å²) in [6.45, 7) is 2.14. The van der Waals surface area contributed by atoms with Crippen molar-refractivity contribution in [2.24, 2.45) is 10.9 Å². The fraction of sp³-hybridized carbons (Fsp3) is 0.778. The van der Waals surface area contributed by atoms with Crippen molar-refractivity contribution in [1.29, 1.82) is 0 Å². The maximum absolute atomic E-state index is 11.1. The van der Waals surface area contributed by atoms with Crippen LogP contribution in [0.25, 0.3) is 0 Å². The second kappa shape index (κ2) is 4.24. The van der Waals surface area contributed by atoms with Gasteiger partial charge in [-0.25, -0.2) is 4.79 Å². The molecule has 1 aliphatic rings. The van der Waals surface area contributed by atoms with Gasteiger partial charge in [0.25, 0.3) is 0 Å². The van der Waals surface area contributed by atoms with Gasteiger partial charge in [0.15, 0.2) is 0 Å². The van der Waals surface area contributed by atoms with E-state index < -0.39 is 0 Å². The fourth-order valence-corrected chi connectivity index (χ4v) is 1.44. The Bertz CT molecular complexity index is 189. The van der Waals surface area contributed by atoms with Crippen LogP contribution in [0.2, 0.25) is 0 Å². The first-order valence-electron chi connectivity index (χ1n) is 4.37. The molecule has 0 amide bonds. The lowest BCUT2D eigenvalue weighted by atomic mass is 9.92. The lowest BCUT2D eigenvalue weighted by Crippen LogP contribution is -2.26. The van der Waals surface area contributed by atoms with Gasteiger partial charge in [-0.05, 0) is 18.8 Å². The molecule has 2 atom stereocenters. The van der Waals surface area contributed by atoms with E-state index in [1.54, 1.807) is 0 Å². The number of ether oxygens (including phenoxy) is 1. The van der Waals surface area contributed by atoms with Gasteiger partial charge in [0, 0.05) is 6.21 Å². The zero-order chi connectivity index (χ0) is 8.97. The van der Waals surface area contributed by atoms with Crippen LogP contribution in [-0.4, -0.2) is 25.3 Å². The Morgan fingerprint density at radius 1 is 1.75 bits per heavy atom. The van der Waals surface area contributed by atoms with E-state index >= 15 is 0 Å². The topological polar surface area (TPSA) is 38.7 Å². The minimum absolute atomic E-state index is 0.204. The molecule has 1 aliphatic heterocycles. The number of esters is 1. The van der Waals surface area contributed by atoms with Crippen LogP contribution in [0.5, 0.6) is 0 Å². The van der Waals surface area contributed by atoms with Crippen LogP contribution >= 0.6 is 0 Å². The van der Waals surface area contributed by atoms with E-state index in [2.05, 4.69) is 16.7 Å². The van der Waals surface area contributed by atoms with Gasteiger partial charge < -0.3 is 4.74 Å². The quantitative estimate of drug-likeness (QED) is 0.586. The summed E-state index contributed by atoms with van der Waals surface area (Å²) in [7, 11) is 1.41. The van der Waals surface area contributed by atoms with Crippen LogP contribution in [-0.2, 0) is 9.53 Å². The maximum Gasteiger partial charge on any atom is 0.330 e. The van der Waals surface area contributed by atoms with Gasteiger partial charge in [-0.1, -0.05) is 13.3 Å². The van der Waals surface area contributed by atoms with Crippen molar-refractivity contribution in [1.82, 2.24) is 0 Å². The average molecular weight is 169 g/mol. The number of hydrogen-bond acceptors (Lipinski definition) is 3. The van der Waals surface area contributed by atoms with E-state index in [1.807, 2.05) is 6.21 Å². The highest BCUT2D eigenvalue weighted by molar-refractivity contribution is 5.78. The monoisotopic (exact) mass is 169 g/mol. The summed E-state index contributed by atoms with van der Waals surface area (Å²) in [5.41, 5.74) is 0. The zero-order valence-electron chi connectivity index (χ0n) is 7.62. The molecule has 0 aliphatic carbocycles. The van der Waals surface area contributed by atoms with Crippen molar-refractivity contribution in [2.45, 2.75) is 32.2 Å². The fourth-order valence-electron chi connectivity index (χ4n) is 1.44. The molecule has 0 saturated carbocycles. The van der Waals surface area contributed by atoms with Crippen LogP contribution in [0.4, 0.5) is 0 Å². The van der Waals surface area contributed by atoms with E-state index in [4.69, 9.17) is 0 Å². The molecule has 12 heavy (non-hydrogen) atoms. The van der Waals surface area contributed by atoms with Crippen molar-refractivity contribution in [2.75, 3.05) is 7.11 Å². The smallest absolute Gasteiger partial charge is 0.330 e. The van der Waals surface area contributed by atoms with Gasteiger partial charge in [-0.2, -0.15) is 0 Å². The largest absolute Gasteiger partial charge is 0.467 e. The predicted octanol–water partition coefficient (Wildman–Crippen LogP) is 1.42. The minimum Gasteiger partial charge on any atom is -0.467 e. The zero-order valence-corrected chi connectivity index (χ0v) is 7.62. The van der Waals surface area contributed by atoms with Gasteiger partial charge in [-0.15, -0.1) is 0 Å². The van der Waals surface area contributed by atoms with Crippen molar-refractivity contribution in [3.8, 4) is 0 Å². The third-order valence-electron chi connectivity index (χ3n) is 2.33. The molecule has 3 nitrogen and oxygen atoms in total. The molecule has 1 rings (SSSR count). The lowest BCUT2D eigenvalue weighted by molar-refractivity contribution is -0.142. The molecule has 0 radical (unpaired) electrons. The Balaban J connectivity index is 2.51. The molecule has 3 heteroatoms. The Morgan fingerprint density at radius 2 is 2.50 bits per heavy atom. The standard InChI is InChI=1S/C9H15NO2/c1-3-7-4-5-10-8(6-7)9(11)12-2/h5,7-8H,3-4,6H2,1-2H3. The van der Waals surface area contributed by atoms with Gasteiger partial charge in [-0.3, -0.25) is 4.99 Å². The number of nitrogens with zero attached hydrogens (tertiary/aromatic N) is 1. The molecule has 0 aromatic heterocycles. The highest BCUT2D eigenvalue weighted by atomic mass is 16.5. The van der Waals surface area contributed by atoms with E-state index in [9.17, 15) is 4.79 Å². The van der Waals surface area contributed by atoms with Crippen molar-refractivity contribution in [3.05, 3.63) is 0 Å². The van der Waals surface area contributed by atoms with Gasteiger partial charge in [0.05, 0.1) is 7.11 Å². The molecular weight excluding hydrogens is 154 g/mol. The normalized spacial score (nSPS) is 28.5. The number of hydrogen-bond donors (Lipinski definition) is 0. The van der Waals surface area contributed by atoms with E-state index in [-0.39, 0.29) is 12.0 Å². The third-order valence-corrected chi connectivity index (χ3v) is 2.33. The number of carbonyl (C=O) groups is 1. The second-order valence-corrected chi connectivity index (χ2v) is 3.12.